The van der Waals surface area contributed by atoms with Gasteiger partial charge in [-0.2, -0.15) is 0 Å². The van der Waals surface area contributed by atoms with E-state index in [-0.39, 0.29) is 36.1 Å². The number of nitrogens with zero attached hydrogens (tertiary/aromatic N) is 2. The highest BCUT2D eigenvalue weighted by atomic mass is 32.1. The Bertz CT molecular complexity index is 2020. The fourth-order valence-electron chi connectivity index (χ4n) is 8.30. The topological polar surface area (TPSA) is 112 Å². The van der Waals surface area contributed by atoms with Gasteiger partial charge in [-0.05, 0) is 36.8 Å². The highest BCUT2D eigenvalue weighted by Crippen LogP contribution is 2.54. The lowest BCUT2D eigenvalue weighted by Gasteiger charge is -2.36. The molecule has 0 radical (unpaired) electrons. The van der Waals surface area contributed by atoms with Crippen LogP contribution in [-0.4, -0.2) is 72.9 Å². The Morgan fingerprint density at radius 2 is 0.981 bits per heavy atom. The minimum absolute atomic E-state index is 0.118. The molecular formula is C42H46N2O8S2. The van der Waals surface area contributed by atoms with Gasteiger partial charge in [0, 0.05) is 56.9 Å². The van der Waals surface area contributed by atoms with Crippen LogP contribution in [0.2, 0.25) is 0 Å². The molecule has 4 aliphatic heterocycles. The number of thiophene rings is 2. The fourth-order valence-corrected chi connectivity index (χ4v) is 10.2. The van der Waals surface area contributed by atoms with Crippen molar-refractivity contribution in [3.8, 4) is 43.9 Å². The van der Waals surface area contributed by atoms with Crippen LogP contribution in [0.5, 0.6) is 23.0 Å². The molecule has 2 aromatic heterocycles. The zero-order valence-corrected chi connectivity index (χ0v) is 33.0. The highest BCUT2D eigenvalue weighted by Gasteiger charge is 2.45. The van der Waals surface area contributed by atoms with Crippen LogP contribution in [0.3, 0.4) is 0 Å². The molecule has 6 heterocycles. The third-order valence-corrected chi connectivity index (χ3v) is 13.3. The maximum Gasteiger partial charge on any atom is 0.262 e. The van der Waals surface area contributed by atoms with Crippen molar-refractivity contribution in [1.29, 1.82) is 0 Å². The van der Waals surface area contributed by atoms with E-state index in [1.54, 1.807) is 12.1 Å². The molecule has 2 atom stereocenters. The Balaban J connectivity index is 1.42. The monoisotopic (exact) mass is 770 g/mol. The predicted molar refractivity (Wildman–Crippen MR) is 210 cm³/mol. The van der Waals surface area contributed by atoms with E-state index in [1.807, 2.05) is 10.8 Å². The lowest BCUT2D eigenvalue weighted by atomic mass is 9.80. The van der Waals surface area contributed by atoms with Gasteiger partial charge in [0.2, 0.25) is 0 Å². The molecule has 0 bridgehead atoms. The van der Waals surface area contributed by atoms with Crippen LogP contribution in [0.1, 0.15) is 120 Å². The second kappa shape index (κ2) is 15.0. The van der Waals surface area contributed by atoms with E-state index in [9.17, 15) is 19.2 Å². The minimum atomic E-state index is -0.431. The molecule has 2 aromatic carbocycles. The van der Waals surface area contributed by atoms with Gasteiger partial charge in [0.05, 0.1) is 20.9 Å². The van der Waals surface area contributed by atoms with Gasteiger partial charge in [-0.25, -0.2) is 0 Å². The van der Waals surface area contributed by atoms with Gasteiger partial charge in [0.25, 0.3) is 23.6 Å². The normalized spacial score (nSPS) is 17.1. The Hall–Kier alpha value is -4.42. The minimum Gasteiger partial charge on any atom is -0.485 e. The molecule has 8 rings (SSSR count). The molecule has 0 fully saturated rings. The standard InChI is InChI=1S/C42H46N2O8S2/c1-5-9-11-23(7-3)19-43-39(45)27-17-26(38-36-30(22-54-38)50-14-16-52-36)34-32-28(40(46)44(42(34)48)20-24(8-4)12-10-6-2)18-25(33(31(27)32)41(43)47)37-35-29(21-53-37)49-13-15-51-35/h17-18,21-24H,5-16,19-20H2,1-4H3. The van der Waals surface area contributed by atoms with E-state index < -0.39 is 23.6 Å². The summed E-state index contributed by atoms with van der Waals surface area (Å²) in [5.41, 5.74) is 2.19. The van der Waals surface area contributed by atoms with Crippen LogP contribution < -0.4 is 18.9 Å². The highest BCUT2D eigenvalue weighted by molar-refractivity contribution is 7.14. The molecule has 2 unspecified atom stereocenters. The lowest BCUT2D eigenvalue weighted by molar-refractivity contribution is 0.0559. The third kappa shape index (κ3) is 5.96. The number of carbonyl (C=O) groups excluding carboxylic acids is 4. The summed E-state index contributed by atoms with van der Waals surface area (Å²) in [6, 6.07) is 3.52. The molecule has 4 aromatic rings. The number of hydrogen-bond donors (Lipinski definition) is 0. The summed E-state index contributed by atoms with van der Waals surface area (Å²) in [6.45, 7) is 10.5. The van der Waals surface area contributed by atoms with Gasteiger partial charge < -0.3 is 18.9 Å². The van der Waals surface area contributed by atoms with Crippen molar-refractivity contribution in [2.24, 2.45) is 11.8 Å². The maximum absolute atomic E-state index is 15.0. The molecule has 0 N–H and O–H groups in total. The van der Waals surface area contributed by atoms with E-state index in [0.717, 1.165) is 51.4 Å². The molecule has 284 valence electrons. The van der Waals surface area contributed by atoms with Crippen LogP contribution >= 0.6 is 22.7 Å². The second-order valence-electron chi connectivity index (χ2n) is 14.6. The van der Waals surface area contributed by atoms with Gasteiger partial charge >= 0.3 is 0 Å². The fraction of sp³-hybridized carbons (Fsp3) is 0.476. The van der Waals surface area contributed by atoms with Crippen molar-refractivity contribution >= 4 is 57.1 Å². The zero-order chi connectivity index (χ0) is 37.7. The first-order chi connectivity index (χ1) is 26.3. The Labute approximate surface area is 323 Å². The van der Waals surface area contributed by atoms with Gasteiger partial charge in [-0.3, -0.25) is 29.0 Å². The Kier molecular flexibility index (Phi) is 10.2. The summed E-state index contributed by atoms with van der Waals surface area (Å²) in [4.78, 5) is 63.8. The van der Waals surface area contributed by atoms with Crippen molar-refractivity contribution in [1.82, 2.24) is 9.80 Å². The van der Waals surface area contributed by atoms with Crippen molar-refractivity contribution in [2.45, 2.75) is 79.1 Å². The number of fused-ring (bicyclic) bond motifs is 2. The van der Waals surface area contributed by atoms with Crippen LogP contribution in [0.4, 0.5) is 0 Å². The number of benzene rings is 2. The number of carbonyl (C=O) groups is 4. The van der Waals surface area contributed by atoms with Crippen LogP contribution in [0.25, 0.3) is 31.7 Å². The molecule has 10 nitrogen and oxygen atoms in total. The lowest BCUT2D eigenvalue weighted by Crippen LogP contribution is -2.46. The number of hydrogen-bond acceptors (Lipinski definition) is 10. The summed E-state index contributed by atoms with van der Waals surface area (Å²) < 4.78 is 24.1. The summed E-state index contributed by atoms with van der Waals surface area (Å²) >= 11 is 2.76. The zero-order valence-electron chi connectivity index (χ0n) is 31.3. The van der Waals surface area contributed by atoms with E-state index >= 15 is 0 Å². The first-order valence-electron chi connectivity index (χ1n) is 19.5. The molecule has 0 saturated carbocycles. The molecule has 4 amide bonds. The van der Waals surface area contributed by atoms with Crippen LogP contribution in [-0.2, 0) is 0 Å². The molecular weight excluding hydrogens is 725 g/mol. The Morgan fingerprint density at radius 1 is 0.574 bits per heavy atom. The van der Waals surface area contributed by atoms with Gasteiger partial charge in [-0.15, -0.1) is 22.7 Å². The number of amides is 4. The smallest absolute Gasteiger partial charge is 0.262 e. The third-order valence-electron chi connectivity index (χ3n) is 11.3. The van der Waals surface area contributed by atoms with Crippen molar-refractivity contribution in [3.05, 3.63) is 45.1 Å². The van der Waals surface area contributed by atoms with Crippen LogP contribution in [0.15, 0.2) is 22.9 Å². The number of ether oxygens (including phenoxy) is 4. The average molecular weight is 771 g/mol. The summed E-state index contributed by atoms with van der Waals surface area (Å²) in [5, 5.41) is 4.40. The van der Waals surface area contributed by atoms with E-state index in [4.69, 9.17) is 18.9 Å². The van der Waals surface area contributed by atoms with Gasteiger partial charge in [-0.1, -0.05) is 66.2 Å². The first-order valence-corrected chi connectivity index (χ1v) is 21.2. The largest absolute Gasteiger partial charge is 0.485 e. The SMILES string of the molecule is CCCCC(CC)CN1C(=O)c2cc(-c3scc4c3OCCO4)c3c4c(cc(-c5scc6c5OCCO6)c(c24)C1=O)C(=O)N(CC(CC)CCCC)C3=O. The summed E-state index contributed by atoms with van der Waals surface area (Å²) in [7, 11) is 0. The molecule has 0 saturated heterocycles. The second-order valence-corrected chi connectivity index (χ2v) is 16.4. The molecule has 4 aliphatic rings. The molecule has 0 aliphatic carbocycles. The summed E-state index contributed by atoms with van der Waals surface area (Å²) in [5.74, 6) is 0.705. The van der Waals surface area contributed by atoms with Gasteiger partial charge in [0.15, 0.2) is 23.0 Å². The van der Waals surface area contributed by atoms with Crippen molar-refractivity contribution < 1.29 is 38.1 Å². The average Bonchev–Trinajstić information content (AvgIpc) is 3.83. The molecule has 12 heteroatoms. The number of unbranched alkanes of at least 4 members (excludes halogenated alkanes) is 2. The Morgan fingerprint density at radius 3 is 1.37 bits per heavy atom. The predicted octanol–water partition coefficient (Wildman–Crippen LogP) is 9.46. The van der Waals surface area contributed by atoms with Gasteiger partial charge in [0.1, 0.15) is 26.4 Å². The first kappa shape index (κ1) is 36.6. The number of imide groups is 2. The van der Waals surface area contributed by atoms with Crippen LogP contribution in [0, 0.1) is 11.8 Å². The number of rotatable bonds is 14. The maximum atomic E-state index is 15.0. The van der Waals surface area contributed by atoms with Crippen molar-refractivity contribution in [2.75, 3.05) is 39.5 Å². The van der Waals surface area contributed by atoms with E-state index in [0.29, 0.717) is 92.2 Å². The summed E-state index contributed by atoms with van der Waals surface area (Å²) in [6.07, 6.45) is 7.41. The van der Waals surface area contributed by atoms with E-state index in [2.05, 4.69) is 27.7 Å². The molecule has 0 spiro atoms. The quantitative estimate of drug-likeness (QED) is 0.117. The molecule has 54 heavy (non-hydrogen) atoms. The van der Waals surface area contributed by atoms with E-state index in [1.165, 1.54) is 32.5 Å². The van der Waals surface area contributed by atoms with Crippen molar-refractivity contribution in [3.63, 3.8) is 0 Å².